The Hall–Kier alpha value is -4.09. The zero-order chi connectivity index (χ0) is 32.3. The molecule has 43 heavy (non-hydrogen) atoms. The Balaban J connectivity index is 0.000000646. The Morgan fingerprint density at radius 1 is 1.16 bits per heavy atom. The fourth-order valence-electron chi connectivity index (χ4n) is 3.72. The van der Waals surface area contributed by atoms with Gasteiger partial charge in [-0.15, -0.1) is 10.2 Å². The third-order valence-corrected chi connectivity index (χ3v) is 7.62. The highest BCUT2D eigenvalue weighted by Gasteiger charge is 2.39. The summed E-state index contributed by atoms with van der Waals surface area (Å²) in [5.74, 6) is -4.26. The first kappa shape index (κ1) is 33.4. The fraction of sp³-hybridized carbons (Fsp3) is 0.385. The summed E-state index contributed by atoms with van der Waals surface area (Å²) in [4.78, 5) is 23.0. The lowest BCUT2D eigenvalue weighted by molar-refractivity contribution is -0.192. The van der Waals surface area contributed by atoms with Gasteiger partial charge in [0.25, 0.3) is 5.89 Å². The second-order valence-corrected chi connectivity index (χ2v) is 12.3. The molecule has 0 aliphatic carbocycles. The van der Waals surface area contributed by atoms with Gasteiger partial charge in [-0.1, -0.05) is 32.9 Å². The number of anilines is 1. The number of hydrogen-bond acceptors (Lipinski definition) is 10. The van der Waals surface area contributed by atoms with E-state index >= 15 is 4.39 Å². The summed E-state index contributed by atoms with van der Waals surface area (Å²) >= 11 is 0. The number of carboxylic acids is 1. The maximum absolute atomic E-state index is 15.2. The van der Waals surface area contributed by atoms with Crippen molar-refractivity contribution in [3.8, 4) is 17.2 Å². The van der Waals surface area contributed by atoms with Crippen LogP contribution in [0.3, 0.4) is 0 Å². The molecule has 0 bridgehead atoms. The van der Waals surface area contributed by atoms with Crippen molar-refractivity contribution in [2.45, 2.75) is 49.8 Å². The first-order valence-electron chi connectivity index (χ1n) is 12.5. The van der Waals surface area contributed by atoms with Gasteiger partial charge in [0.15, 0.2) is 9.84 Å². The van der Waals surface area contributed by atoms with Gasteiger partial charge in [-0.2, -0.15) is 13.2 Å². The quantitative estimate of drug-likeness (QED) is 0.339. The second kappa shape index (κ2) is 12.6. The van der Waals surface area contributed by atoms with E-state index in [-0.39, 0.29) is 47.7 Å². The van der Waals surface area contributed by atoms with E-state index in [4.69, 9.17) is 29.9 Å². The molecule has 0 saturated carbocycles. The predicted octanol–water partition coefficient (Wildman–Crippen LogP) is 2.83. The molecular formula is C26H28F4N4O8S. The number of carboxylic acid groups (broad SMARTS) is 1. The van der Waals surface area contributed by atoms with Gasteiger partial charge < -0.3 is 30.0 Å². The number of carbonyl (C=O) groups excluding carboxylic acids is 1. The van der Waals surface area contributed by atoms with E-state index in [1.807, 2.05) is 20.8 Å². The Morgan fingerprint density at radius 2 is 1.77 bits per heavy atom. The van der Waals surface area contributed by atoms with Crippen LogP contribution < -0.4 is 15.4 Å². The standard InChI is InChI=1S/C24H27FN4O6S.C2HF3O2/c1-24(2,3)23-28-27-21(35-23)16-10-19-20(11-17(16)25)36(32,33)13-18(26)22(31)29(19)12-14-4-6-15(7-5-14)34-9-8-30;3-2(4,5)1(6)7/h4-7,10-11,18,30H,8-9,12-13,26H2,1-3H3;(H,6,7)/t18-;/m0./s1. The lowest BCUT2D eigenvalue weighted by Crippen LogP contribution is -2.45. The Bertz CT molecular complexity index is 1590. The van der Waals surface area contributed by atoms with Crippen LogP contribution in [0.5, 0.6) is 5.75 Å². The van der Waals surface area contributed by atoms with Crippen molar-refractivity contribution in [3.05, 3.63) is 53.7 Å². The van der Waals surface area contributed by atoms with E-state index in [1.165, 1.54) is 11.0 Å². The predicted molar refractivity (Wildman–Crippen MR) is 142 cm³/mol. The monoisotopic (exact) mass is 632 g/mol. The highest BCUT2D eigenvalue weighted by Crippen LogP contribution is 2.37. The number of alkyl halides is 3. The number of aromatic nitrogens is 2. The molecular weight excluding hydrogens is 604 g/mol. The van der Waals surface area contributed by atoms with Crippen LogP contribution in [0.15, 0.2) is 45.7 Å². The maximum atomic E-state index is 15.2. The molecule has 0 saturated heterocycles. The molecule has 1 aromatic heterocycles. The average molecular weight is 633 g/mol. The van der Waals surface area contributed by atoms with Crippen LogP contribution in [-0.2, 0) is 31.4 Å². The van der Waals surface area contributed by atoms with Crippen molar-refractivity contribution in [2.24, 2.45) is 5.73 Å². The molecule has 0 unspecified atom stereocenters. The van der Waals surface area contributed by atoms with Gasteiger partial charge in [-0.25, -0.2) is 17.6 Å². The fourth-order valence-corrected chi connectivity index (χ4v) is 5.28. The number of rotatable bonds is 6. The number of nitrogens with two attached hydrogens (primary N) is 1. The van der Waals surface area contributed by atoms with Gasteiger partial charge in [0.05, 0.1) is 41.1 Å². The normalized spacial score (nSPS) is 16.5. The van der Waals surface area contributed by atoms with Crippen molar-refractivity contribution < 1.29 is 54.9 Å². The van der Waals surface area contributed by atoms with Gasteiger partial charge >= 0.3 is 12.1 Å². The lowest BCUT2D eigenvalue weighted by atomic mass is 9.97. The van der Waals surface area contributed by atoms with E-state index in [1.54, 1.807) is 24.3 Å². The first-order chi connectivity index (χ1) is 19.8. The van der Waals surface area contributed by atoms with E-state index in [9.17, 15) is 26.4 Å². The van der Waals surface area contributed by atoms with Gasteiger partial charge in [0.1, 0.15) is 18.2 Å². The number of aliphatic carboxylic acids is 1. The molecule has 2 aromatic carbocycles. The Morgan fingerprint density at radius 3 is 2.28 bits per heavy atom. The summed E-state index contributed by atoms with van der Waals surface area (Å²) in [6.45, 7) is 5.52. The summed E-state index contributed by atoms with van der Waals surface area (Å²) in [5.41, 5.74) is 5.95. The first-order valence-corrected chi connectivity index (χ1v) is 14.1. The van der Waals surface area contributed by atoms with Crippen molar-refractivity contribution in [3.63, 3.8) is 0 Å². The summed E-state index contributed by atoms with van der Waals surface area (Å²) in [7, 11) is -4.08. The van der Waals surface area contributed by atoms with Crippen molar-refractivity contribution >= 4 is 27.4 Å². The number of ether oxygens (including phenoxy) is 1. The van der Waals surface area contributed by atoms with Gasteiger partial charge in [0.2, 0.25) is 11.8 Å². The van der Waals surface area contributed by atoms with E-state index < -0.39 is 50.9 Å². The van der Waals surface area contributed by atoms with Crippen LogP contribution in [0.25, 0.3) is 11.5 Å². The molecule has 1 atom stereocenters. The highest BCUT2D eigenvalue weighted by molar-refractivity contribution is 7.91. The van der Waals surface area contributed by atoms with E-state index in [0.717, 1.165) is 6.07 Å². The zero-order valence-electron chi connectivity index (χ0n) is 23.1. The second-order valence-electron chi connectivity index (χ2n) is 10.3. The Kier molecular flexibility index (Phi) is 9.83. The van der Waals surface area contributed by atoms with Gasteiger partial charge in [-0.05, 0) is 29.8 Å². The van der Waals surface area contributed by atoms with Crippen LogP contribution in [0.2, 0.25) is 0 Å². The summed E-state index contributed by atoms with van der Waals surface area (Å²) in [6, 6.07) is 7.48. The molecule has 17 heteroatoms. The smallest absolute Gasteiger partial charge is 0.490 e. The molecule has 1 amide bonds. The van der Waals surface area contributed by atoms with Gasteiger partial charge in [-0.3, -0.25) is 4.79 Å². The van der Waals surface area contributed by atoms with Crippen LogP contribution in [0, 0.1) is 5.82 Å². The molecule has 234 valence electrons. The lowest BCUT2D eigenvalue weighted by Gasteiger charge is -2.24. The van der Waals surface area contributed by atoms with E-state index in [2.05, 4.69) is 10.2 Å². The van der Waals surface area contributed by atoms with Crippen LogP contribution in [-0.4, -0.2) is 71.9 Å². The number of benzene rings is 2. The molecule has 0 fully saturated rings. The van der Waals surface area contributed by atoms with Crippen LogP contribution >= 0.6 is 0 Å². The molecule has 2 heterocycles. The SMILES string of the molecule is CC(C)(C)c1nnc(-c2cc3c(cc2F)S(=O)(=O)C[C@H](N)C(=O)N3Cc2ccc(OCCO)cc2)o1.O=C(O)C(F)(F)F. The minimum absolute atomic E-state index is 0.0273. The van der Waals surface area contributed by atoms with E-state index in [0.29, 0.717) is 11.3 Å². The summed E-state index contributed by atoms with van der Waals surface area (Å²) in [5, 5.41) is 23.9. The molecule has 0 spiro atoms. The number of fused-ring (bicyclic) bond motifs is 1. The molecule has 3 aromatic rings. The molecule has 0 radical (unpaired) electrons. The van der Waals surface area contributed by atoms with Crippen LogP contribution in [0.1, 0.15) is 32.2 Å². The topological polar surface area (TPSA) is 186 Å². The third kappa shape index (κ3) is 8.05. The molecule has 4 rings (SSSR count). The maximum Gasteiger partial charge on any atom is 0.490 e. The number of carbonyl (C=O) groups is 2. The largest absolute Gasteiger partial charge is 0.491 e. The average Bonchev–Trinajstić information content (AvgIpc) is 3.39. The van der Waals surface area contributed by atoms with Crippen molar-refractivity contribution in [1.82, 2.24) is 10.2 Å². The van der Waals surface area contributed by atoms with Gasteiger partial charge in [0, 0.05) is 5.41 Å². The number of nitrogens with zero attached hydrogens (tertiary/aromatic N) is 3. The summed E-state index contributed by atoms with van der Waals surface area (Å²) < 4.78 is 84.0. The summed E-state index contributed by atoms with van der Waals surface area (Å²) in [6.07, 6.45) is -5.08. The molecule has 1 aliphatic heterocycles. The number of halogens is 4. The molecule has 4 N–H and O–H groups in total. The number of hydrogen-bond donors (Lipinski definition) is 3. The number of amides is 1. The zero-order valence-corrected chi connectivity index (χ0v) is 23.9. The molecule has 12 nitrogen and oxygen atoms in total. The minimum Gasteiger partial charge on any atom is -0.491 e. The third-order valence-electron chi connectivity index (χ3n) is 5.82. The number of aliphatic hydroxyl groups is 1. The Labute approximate surface area is 243 Å². The number of aliphatic hydroxyl groups excluding tert-OH is 1. The minimum atomic E-state index is -5.08. The van der Waals surface area contributed by atoms with Crippen molar-refractivity contribution in [2.75, 3.05) is 23.9 Å². The van der Waals surface area contributed by atoms with Crippen molar-refractivity contribution in [1.29, 1.82) is 0 Å². The van der Waals surface area contributed by atoms with Crippen LogP contribution in [0.4, 0.5) is 23.2 Å². The molecule has 1 aliphatic rings. The highest BCUT2D eigenvalue weighted by atomic mass is 32.2. The number of sulfone groups is 1.